The SMILES string of the molecule is NCCCCc1nc2ccccc2[nH]1. The van der Waals surface area contributed by atoms with Gasteiger partial charge in [0.2, 0.25) is 0 Å². The van der Waals surface area contributed by atoms with Gasteiger partial charge in [-0.25, -0.2) is 4.98 Å². The van der Waals surface area contributed by atoms with Crippen LogP contribution in [0.25, 0.3) is 11.0 Å². The number of nitrogens with zero attached hydrogens (tertiary/aromatic N) is 1. The standard InChI is InChI=1S/C11H15N3/c12-8-4-3-7-11-13-9-5-1-2-6-10(9)14-11/h1-2,5-6H,3-4,7-8,12H2,(H,13,14). The highest BCUT2D eigenvalue weighted by atomic mass is 14.9. The molecule has 2 aromatic rings. The normalized spacial score (nSPS) is 10.9. The Morgan fingerprint density at radius 2 is 2.07 bits per heavy atom. The molecule has 0 bridgehead atoms. The summed E-state index contributed by atoms with van der Waals surface area (Å²) in [6, 6.07) is 8.10. The van der Waals surface area contributed by atoms with Gasteiger partial charge in [-0.2, -0.15) is 0 Å². The summed E-state index contributed by atoms with van der Waals surface area (Å²) in [6.45, 7) is 0.764. The molecule has 0 saturated heterocycles. The molecule has 14 heavy (non-hydrogen) atoms. The zero-order valence-corrected chi connectivity index (χ0v) is 8.16. The van der Waals surface area contributed by atoms with Crippen molar-refractivity contribution in [3.05, 3.63) is 30.1 Å². The third-order valence-electron chi connectivity index (χ3n) is 2.31. The smallest absolute Gasteiger partial charge is 0.107 e. The van der Waals surface area contributed by atoms with Crippen molar-refractivity contribution < 1.29 is 0 Å². The molecular weight excluding hydrogens is 174 g/mol. The molecule has 1 aromatic carbocycles. The van der Waals surface area contributed by atoms with Crippen molar-refractivity contribution in [1.82, 2.24) is 9.97 Å². The molecule has 0 saturated carbocycles. The number of aromatic amines is 1. The number of para-hydroxylation sites is 2. The summed E-state index contributed by atoms with van der Waals surface area (Å²) in [7, 11) is 0. The Morgan fingerprint density at radius 1 is 1.21 bits per heavy atom. The lowest BCUT2D eigenvalue weighted by Crippen LogP contribution is -1.99. The first-order valence-corrected chi connectivity index (χ1v) is 5.04. The number of aryl methyl sites for hydroxylation is 1. The van der Waals surface area contributed by atoms with Gasteiger partial charge >= 0.3 is 0 Å². The van der Waals surface area contributed by atoms with E-state index in [2.05, 4.69) is 16.0 Å². The first-order chi connectivity index (χ1) is 6.90. The first kappa shape index (κ1) is 9.21. The van der Waals surface area contributed by atoms with Crippen molar-refractivity contribution in [2.75, 3.05) is 6.54 Å². The summed E-state index contributed by atoms with van der Waals surface area (Å²) in [6.07, 6.45) is 3.17. The quantitative estimate of drug-likeness (QED) is 0.721. The van der Waals surface area contributed by atoms with Crippen molar-refractivity contribution in [3.63, 3.8) is 0 Å². The van der Waals surface area contributed by atoms with Crippen LogP contribution in [-0.4, -0.2) is 16.5 Å². The molecule has 0 aliphatic carbocycles. The third kappa shape index (κ3) is 1.93. The molecule has 0 atom stereocenters. The molecule has 0 unspecified atom stereocenters. The number of H-pyrrole nitrogens is 1. The Balaban J connectivity index is 2.11. The first-order valence-electron chi connectivity index (χ1n) is 5.04. The second-order valence-electron chi connectivity index (χ2n) is 3.45. The van der Waals surface area contributed by atoms with Crippen molar-refractivity contribution in [2.24, 2.45) is 5.73 Å². The predicted octanol–water partition coefficient (Wildman–Crippen LogP) is 1.84. The van der Waals surface area contributed by atoms with Gasteiger partial charge in [0.05, 0.1) is 11.0 Å². The van der Waals surface area contributed by atoms with E-state index in [-0.39, 0.29) is 0 Å². The molecule has 0 aliphatic rings. The van der Waals surface area contributed by atoms with E-state index in [1.807, 2.05) is 18.2 Å². The minimum absolute atomic E-state index is 0.764. The fourth-order valence-corrected chi connectivity index (χ4v) is 1.56. The molecule has 0 radical (unpaired) electrons. The minimum Gasteiger partial charge on any atom is -0.342 e. The highest BCUT2D eigenvalue weighted by Crippen LogP contribution is 2.11. The van der Waals surface area contributed by atoms with E-state index in [9.17, 15) is 0 Å². The van der Waals surface area contributed by atoms with E-state index in [0.29, 0.717) is 0 Å². The predicted molar refractivity (Wildman–Crippen MR) is 58.1 cm³/mol. The lowest BCUT2D eigenvalue weighted by molar-refractivity contribution is 0.724. The monoisotopic (exact) mass is 189 g/mol. The lowest BCUT2D eigenvalue weighted by atomic mass is 10.2. The van der Waals surface area contributed by atoms with Gasteiger partial charge in [0.1, 0.15) is 5.82 Å². The number of hydrogen-bond acceptors (Lipinski definition) is 2. The van der Waals surface area contributed by atoms with Gasteiger partial charge in [0.25, 0.3) is 0 Å². The maximum atomic E-state index is 5.44. The third-order valence-corrected chi connectivity index (χ3v) is 2.31. The van der Waals surface area contributed by atoms with E-state index < -0.39 is 0 Å². The molecule has 1 heterocycles. The van der Waals surface area contributed by atoms with Gasteiger partial charge in [0.15, 0.2) is 0 Å². The molecule has 2 rings (SSSR count). The largest absolute Gasteiger partial charge is 0.342 e. The average Bonchev–Trinajstić information content (AvgIpc) is 2.60. The van der Waals surface area contributed by atoms with Crippen LogP contribution in [-0.2, 0) is 6.42 Å². The molecule has 0 spiro atoms. The average molecular weight is 189 g/mol. The second kappa shape index (κ2) is 4.24. The molecule has 0 amide bonds. The van der Waals surface area contributed by atoms with Crippen LogP contribution in [0.5, 0.6) is 0 Å². The number of hydrogen-bond donors (Lipinski definition) is 2. The maximum Gasteiger partial charge on any atom is 0.107 e. The number of aromatic nitrogens is 2. The second-order valence-corrected chi connectivity index (χ2v) is 3.45. The number of imidazole rings is 1. The van der Waals surface area contributed by atoms with Crippen molar-refractivity contribution in [1.29, 1.82) is 0 Å². The summed E-state index contributed by atoms with van der Waals surface area (Å²) >= 11 is 0. The molecule has 74 valence electrons. The lowest BCUT2D eigenvalue weighted by Gasteiger charge is -1.93. The zero-order chi connectivity index (χ0) is 9.80. The summed E-state index contributed by atoms with van der Waals surface area (Å²) in [5.74, 6) is 1.07. The van der Waals surface area contributed by atoms with Crippen LogP contribution in [0.2, 0.25) is 0 Å². The van der Waals surface area contributed by atoms with Crippen LogP contribution in [0.1, 0.15) is 18.7 Å². The number of benzene rings is 1. The number of nitrogens with one attached hydrogen (secondary N) is 1. The fourth-order valence-electron chi connectivity index (χ4n) is 1.56. The Labute approximate surface area is 83.3 Å². The van der Waals surface area contributed by atoms with Crippen molar-refractivity contribution >= 4 is 11.0 Å². The fraction of sp³-hybridized carbons (Fsp3) is 0.364. The molecule has 0 fully saturated rings. The molecule has 3 N–H and O–H groups in total. The van der Waals surface area contributed by atoms with Gasteiger partial charge in [-0.05, 0) is 31.5 Å². The summed E-state index contributed by atoms with van der Waals surface area (Å²) < 4.78 is 0. The molecule has 3 heteroatoms. The van der Waals surface area contributed by atoms with Crippen LogP contribution in [0, 0.1) is 0 Å². The van der Waals surface area contributed by atoms with Gasteiger partial charge in [0, 0.05) is 6.42 Å². The number of unbranched alkanes of at least 4 members (excludes halogenated alkanes) is 1. The van der Waals surface area contributed by atoms with Crippen molar-refractivity contribution in [2.45, 2.75) is 19.3 Å². The van der Waals surface area contributed by atoms with Gasteiger partial charge in [-0.3, -0.25) is 0 Å². The molecule has 1 aromatic heterocycles. The van der Waals surface area contributed by atoms with Crippen molar-refractivity contribution in [3.8, 4) is 0 Å². The summed E-state index contributed by atoms with van der Waals surface area (Å²) in [5, 5.41) is 0. The molecule has 0 aliphatic heterocycles. The highest BCUT2D eigenvalue weighted by molar-refractivity contribution is 5.74. The Morgan fingerprint density at radius 3 is 2.86 bits per heavy atom. The summed E-state index contributed by atoms with van der Waals surface area (Å²) in [4.78, 5) is 7.79. The van der Waals surface area contributed by atoms with E-state index in [4.69, 9.17) is 5.73 Å². The number of fused-ring (bicyclic) bond motifs is 1. The zero-order valence-electron chi connectivity index (χ0n) is 8.16. The van der Waals surface area contributed by atoms with E-state index in [1.165, 1.54) is 0 Å². The van der Waals surface area contributed by atoms with Crippen LogP contribution < -0.4 is 5.73 Å². The Kier molecular flexibility index (Phi) is 2.79. The van der Waals surface area contributed by atoms with Crippen LogP contribution in [0.4, 0.5) is 0 Å². The van der Waals surface area contributed by atoms with Gasteiger partial charge < -0.3 is 10.7 Å². The van der Waals surface area contributed by atoms with Gasteiger partial charge in [-0.1, -0.05) is 12.1 Å². The van der Waals surface area contributed by atoms with E-state index in [1.54, 1.807) is 0 Å². The number of nitrogens with two attached hydrogens (primary N) is 1. The minimum atomic E-state index is 0.764. The Hall–Kier alpha value is -1.35. The van der Waals surface area contributed by atoms with Crippen LogP contribution in [0.3, 0.4) is 0 Å². The molecular formula is C11H15N3. The number of rotatable bonds is 4. The van der Waals surface area contributed by atoms with Crippen LogP contribution >= 0.6 is 0 Å². The van der Waals surface area contributed by atoms with E-state index in [0.717, 1.165) is 42.7 Å². The highest BCUT2D eigenvalue weighted by Gasteiger charge is 2.00. The Bertz CT molecular complexity index is 373. The van der Waals surface area contributed by atoms with Gasteiger partial charge in [-0.15, -0.1) is 0 Å². The van der Waals surface area contributed by atoms with Crippen LogP contribution in [0.15, 0.2) is 24.3 Å². The van der Waals surface area contributed by atoms with E-state index >= 15 is 0 Å². The summed E-state index contributed by atoms with van der Waals surface area (Å²) in [5.41, 5.74) is 7.61. The molecule has 3 nitrogen and oxygen atoms in total. The topological polar surface area (TPSA) is 54.7 Å². The maximum absolute atomic E-state index is 5.44.